The van der Waals surface area contributed by atoms with Gasteiger partial charge in [-0.1, -0.05) is 25.0 Å². The molecule has 4 rings (SSSR count). The highest BCUT2D eigenvalue weighted by Crippen LogP contribution is 2.33. The van der Waals surface area contributed by atoms with Gasteiger partial charge in [0.25, 0.3) is 5.91 Å². The molecule has 1 fully saturated rings. The van der Waals surface area contributed by atoms with E-state index < -0.39 is 0 Å². The van der Waals surface area contributed by atoms with Crippen molar-refractivity contribution in [2.45, 2.75) is 38.1 Å². The number of rotatable bonds is 5. The summed E-state index contributed by atoms with van der Waals surface area (Å²) in [6.45, 7) is 0.742. The normalized spacial score (nSPS) is 14.7. The predicted molar refractivity (Wildman–Crippen MR) is 95.5 cm³/mol. The topological polar surface area (TPSA) is 75.6 Å². The van der Waals surface area contributed by atoms with Gasteiger partial charge in [-0.15, -0.1) is 0 Å². The summed E-state index contributed by atoms with van der Waals surface area (Å²) in [5.41, 5.74) is 2.88. The molecule has 2 aromatic heterocycles. The third kappa shape index (κ3) is 3.63. The summed E-state index contributed by atoms with van der Waals surface area (Å²) in [5, 5.41) is 10.2. The van der Waals surface area contributed by atoms with Gasteiger partial charge >= 0.3 is 0 Å². The zero-order valence-electron chi connectivity index (χ0n) is 14.0. The van der Waals surface area contributed by atoms with Crippen molar-refractivity contribution in [1.82, 2.24) is 19.7 Å². The molecule has 1 aromatic carbocycles. The van der Waals surface area contributed by atoms with Gasteiger partial charge in [0.05, 0.1) is 6.33 Å². The molecule has 1 amide bonds. The van der Waals surface area contributed by atoms with Crippen molar-refractivity contribution in [3.8, 4) is 0 Å². The van der Waals surface area contributed by atoms with Crippen LogP contribution >= 0.6 is 0 Å². The number of carbonyl (C=O) groups excluding carboxylic acids is 1. The first-order chi connectivity index (χ1) is 12.3. The summed E-state index contributed by atoms with van der Waals surface area (Å²) in [4.78, 5) is 16.4. The zero-order chi connectivity index (χ0) is 17.1. The van der Waals surface area contributed by atoms with Crippen molar-refractivity contribution in [1.29, 1.82) is 0 Å². The average Bonchev–Trinajstić information content (AvgIpc) is 3.38. The lowest BCUT2D eigenvalue weighted by Gasteiger charge is -2.05. The number of anilines is 1. The Bertz CT molecular complexity index is 829. The zero-order valence-corrected chi connectivity index (χ0v) is 14.0. The van der Waals surface area contributed by atoms with E-state index in [1.54, 1.807) is 12.5 Å². The van der Waals surface area contributed by atoms with Gasteiger partial charge in [0, 0.05) is 42.2 Å². The average molecular weight is 335 g/mol. The Morgan fingerprint density at radius 3 is 2.76 bits per heavy atom. The lowest BCUT2D eigenvalue weighted by molar-refractivity contribution is 0.102. The van der Waals surface area contributed by atoms with Crippen molar-refractivity contribution in [3.63, 3.8) is 0 Å². The molecule has 0 unspecified atom stereocenters. The van der Waals surface area contributed by atoms with Crippen LogP contribution in [0, 0.1) is 0 Å². The number of H-pyrrole nitrogens is 1. The summed E-state index contributed by atoms with van der Waals surface area (Å²) < 4.78 is 1.99. The Morgan fingerprint density at radius 1 is 1.24 bits per heavy atom. The molecule has 1 aliphatic rings. The van der Waals surface area contributed by atoms with Crippen LogP contribution in [0.25, 0.3) is 0 Å². The number of hydrogen-bond donors (Lipinski definition) is 2. The summed E-state index contributed by atoms with van der Waals surface area (Å²) >= 11 is 0. The molecule has 0 spiro atoms. The van der Waals surface area contributed by atoms with Gasteiger partial charge in [-0.25, -0.2) is 4.98 Å². The van der Waals surface area contributed by atoms with E-state index in [0.29, 0.717) is 17.3 Å². The SMILES string of the molecule is O=C(Nc1cc(C2CCCC2)[nH]n1)c1ccc(Cn2ccnc2)cc1. The van der Waals surface area contributed by atoms with Crippen molar-refractivity contribution in [2.24, 2.45) is 0 Å². The molecular formula is C19H21N5O. The molecule has 0 atom stereocenters. The van der Waals surface area contributed by atoms with Gasteiger partial charge in [-0.3, -0.25) is 9.89 Å². The first-order valence-corrected chi connectivity index (χ1v) is 8.69. The molecule has 2 heterocycles. The molecular weight excluding hydrogens is 314 g/mol. The Hall–Kier alpha value is -2.89. The van der Waals surface area contributed by atoms with E-state index in [1.807, 2.05) is 41.1 Å². The molecule has 2 N–H and O–H groups in total. The van der Waals surface area contributed by atoms with E-state index >= 15 is 0 Å². The highest BCUT2D eigenvalue weighted by atomic mass is 16.1. The molecule has 3 aromatic rings. The monoisotopic (exact) mass is 335 g/mol. The third-order valence-electron chi connectivity index (χ3n) is 4.77. The standard InChI is InChI=1S/C19H21N5O/c25-19(21-18-11-17(22-23-18)15-3-1-2-4-15)16-7-5-14(6-8-16)12-24-10-9-20-13-24/h5-11,13,15H,1-4,12H2,(H2,21,22,23,25). The molecule has 6 nitrogen and oxygen atoms in total. The van der Waals surface area contributed by atoms with Gasteiger partial charge in [0.2, 0.25) is 0 Å². The van der Waals surface area contributed by atoms with E-state index in [9.17, 15) is 4.79 Å². The van der Waals surface area contributed by atoms with Crippen LogP contribution in [0.1, 0.15) is 53.2 Å². The van der Waals surface area contributed by atoms with Gasteiger partial charge < -0.3 is 9.88 Å². The highest BCUT2D eigenvalue weighted by Gasteiger charge is 2.19. The lowest BCUT2D eigenvalue weighted by Crippen LogP contribution is -2.12. The number of carbonyl (C=O) groups is 1. The molecule has 0 bridgehead atoms. The van der Waals surface area contributed by atoms with Crippen LogP contribution in [0.5, 0.6) is 0 Å². The van der Waals surface area contributed by atoms with Crippen molar-refractivity contribution in [2.75, 3.05) is 5.32 Å². The Morgan fingerprint density at radius 2 is 2.04 bits per heavy atom. The van der Waals surface area contributed by atoms with Crippen LogP contribution in [0.2, 0.25) is 0 Å². The molecule has 25 heavy (non-hydrogen) atoms. The minimum atomic E-state index is -0.140. The number of nitrogens with one attached hydrogen (secondary N) is 2. The van der Waals surface area contributed by atoms with Gasteiger partial charge in [0.15, 0.2) is 5.82 Å². The number of benzene rings is 1. The number of aromatic amines is 1. The van der Waals surface area contributed by atoms with Gasteiger partial charge in [0.1, 0.15) is 0 Å². The minimum Gasteiger partial charge on any atom is -0.333 e. The summed E-state index contributed by atoms with van der Waals surface area (Å²) in [5.74, 6) is 1.01. The van der Waals surface area contributed by atoms with Crippen LogP contribution < -0.4 is 5.32 Å². The quantitative estimate of drug-likeness (QED) is 0.748. The second-order valence-electron chi connectivity index (χ2n) is 6.58. The predicted octanol–water partition coefficient (Wildman–Crippen LogP) is 3.56. The largest absolute Gasteiger partial charge is 0.333 e. The van der Waals surface area contributed by atoms with Crippen LogP contribution in [0.4, 0.5) is 5.82 Å². The fraction of sp³-hybridized carbons (Fsp3) is 0.316. The fourth-order valence-corrected chi connectivity index (χ4v) is 3.39. The van der Waals surface area contributed by atoms with E-state index in [4.69, 9.17) is 0 Å². The third-order valence-corrected chi connectivity index (χ3v) is 4.77. The van der Waals surface area contributed by atoms with E-state index in [0.717, 1.165) is 17.8 Å². The maximum Gasteiger partial charge on any atom is 0.256 e. The summed E-state index contributed by atoms with van der Waals surface area (Å²) in [6.07, 6.45) is 10.4. The first kappa shape index (κ1) is 15.6. The Balaban J connectivity index is 1.39. The maximum atomic E-state index is 12.4. The molecule has 0 aliphatic heterocycles. The summed E-state index contributed by atoms with van der Waals surface area (Å²) in [7, 11) is 0. The molecule has 1 aliphatic carbocycles. The second kappa shape index (κ2) is 6.93. The van der Waals surface area contributed by atoms with Crippen molar-refractivity contribution in [3.05, 3.63) is 65.9 Å². The van der Waals surface area contributed by atoms with E-state index in [1.165, 1.54) is 25.7 Å². The van der Waals surface area contributed by atoms with Gasteiger partial charge in [-0.05, 0) is 30.5 Å². The Kier molecular flexibility index (Phi) is 4.33. The highest BCUT2D eigenvalue weighted by molar-refractivity contribution is 6.03. The molecule has 6 heteroatoms. The van der Waals surface area contributed by atoms with Crippen molar-refractivity contribution >= 4 is 11.7 Å². The summed E-state index contributed by atoms with van der Waals surface area (Å²) in [6, 6.07) is 9.56. The van der Waals surface area contributed by atoms with Crippen LogP contribution in [-0.2, 0) is 6.54 Å². The van der Waals surface area contributed by atoms with Crippen LogP contribution in [0.15, 0.2) is 49.1 Å². The molecule has 0 radical (unpaired) electrons. The number of aromatic nitrogens is 4. The van der Waals surface area contributed by atoms with Gasteiger partial charge in [-0.2, -0.15) is 5.10 Å². The number of hydrogen-bond acceptors (Lipinski definition) is 3. The molecule has 1 saturated carbocycles. The number of nitrogens with zero attached hydrogens (tertiary/aromatic N) is 3. The molecule has 0 saturated heterocycles. The number of imidazole rings is 1. The first-order valence-electron chi connectivity index (χ1n) is 8.69. The van der Waals surface area contributed by atoms with Crippen LogP contribution in [0.3, 0.4) is 0 Å². The van der Waals surface area contributed by atoms with E-state index in [2.05, 4.69) is 20.5 Å². The molecule has 128 valence electrons. The fourth-order valence-electron chi connectivity index (χ4n) is 3.39. The van der Waals surface area contributed by atoms with Crippen LogP contribution in [-0.4, -0.2) is 25.7 Å². The Labute approximate surface area is 146 Å². The smallest absolute Gasteiger partial charge is 0.256 e. The number of amides is 1. The van der Waals surface area contributed by atoms with Crippen molar-refractivity contribution < 1.29 is 4.79 Å². The van der Waals surface area contributed by atoms with E-state index in [-0.39, 0.29) is 5.91 Å². The maximum absolute atomic E-state index is 12.4. The minimum absolute atomic E-state index is 0.140. The lowest BCUT2D eigenvalue weighted by atomic mass is 10.0. The second-order valence-corrected chi connectivity index (χ2v) is 6.58.